The van der Waals surface area contributed by atoms with Crippen LogP contribution in [0.1, 0.15) is 70.6 Å². The topological polar surface area (TPSA) is 77.9 Å². The number of aliphatic hydroxyl groups is 1. The van der Waals surface area contributed by atoms with Crippen molar-refractivity contribution in [3.8, 4) is 0 Å². The summed E-state index contributed by atoms with van der Waals surface area (Å²) in [4.78, 5) is 41.7. The third-order valence-corrected chi connectivity index (χ3v) is 7.14. The van der Waals surface area contributed by atoms with Crippen LogP contribution in [0.5, 0.6) is 0 Å². The Balaban J connectivity index is 1.50. The smallest absolute Gasteiger partial charge is 0.290 e. The lowest BCUT2D eigenvalue weighted by molar-refractivity contribution is -0.154. The molecule has 0 radical (unpaired) electrons. The van der Waals surface area contributed by atoms with Crippen LogP contribution in [-0.4, -0.2) is 63.3 Å². The highest BCUT2D eigenvalue weighted by molar-refractivity contribution is 6.39. The number of likely N-dealkylation sites (tertiary alicyclic amines) is 2. The highest BCUT2D eigenvalue weighted by Gasteiger charge is 2.59. The van der Waals surface area contributed by atoms with Gasteiger partial charge in [0.25, 0.3) is 11.8 Å². The van der Waals surface area contributed by atoms with Crippen molar-refractivity contribution in [2.75, 3.05) is 13.1 Å². The Kier molecular flexibility index (Phi) is 4.80. The molecule has 0 unspecified atom stereocenters. The number of ketones is 1. The quantitative estimate of drug-likeness (QED) is 0.774. The molecule has 6 heteroatoms. The molecule has 0 aromatic heterocycles. The van der Waals surface area contributed by atoms with Gasteiger partial charge < -0.3 is 14.9 Å². The number of Topliss-reactive ketones (excluding diaryl/α,β-unsaturated/α-hetero) is 1. The van der Waals surface area contributed by atoms with Crippen molar-refractivity contribution in [3.05, 3.63) is 0 Å². The highest BCUT2D eigenvalue weighted by Crippen LogP contribution is 2.39. The van der Waals surface area contributed by atoms with Crippen LogP contribution in [0.4, 0.5) is 0 Å². The highest BCUT2D eigenvalue weighted by atomic mass is 16.3. The van der Waals surface area contributed by atoms with E-state index in [0.717, 1.165) is 51.4 Å². The van der Waals surface area contributed by atoms with Gasteiger partial charge in [0.15, 0.2) is 5.60 Å². The van der Waals surface area contributed by atoms with Gasteiger partial charge in [-0.15, -0.1) is 0 Å². The molecule has 0 bridgehead atoms. The Morgan fingerprint density at radius 3 is 1.92 bits per heavy atom. The van der Waals surface area contributed by atoms with Gasteiger partial charge in [0.1, 0.15) is 0 Å². The van der Waals surface area contributed by atoms with Gasteiger partial charge in [-0.1, -0.05) is 38.5 Å². The molecular formula is C20H30N2O4. The second-order valence-electron chi connectivity index (χ2n) is 8.63. The van der Waals surface area contributed by atoms with E-state index in [9.17, 15) is 19.5 Å². The minimum atomic E-state index is -1.69. The van der Waals surface area contributed by atoms with Crippen LogP contribution in [0.3, 0.4) is 0 Å². The third-order valence-electron chi connectivity index (χ3n) is 7.14. The Hall–Kier alpha value is -1.43. The van der Waals surface area contributed by atoms with Crippen molar-refractivity contribution in [2.24, 2.45) is 5.92 Å². The molecule has 2 saturated heterocycles. The first kappa shape index (κ1) is 18.0. The normalized spacial score (nSPS) is 35.0. The van der Waals surface area contributed by atoms with Crippen LogP contribution in [0.25, 0.3) is 0 Å². The van der Waals surface area contributed by atoms with Crippen molar-refractivity contribution in [3.63, 3.8) is 0 Å². The zero-order valence-corrected chi connectivity index (χ0v) is 15.5. The second-order valence-corrected chi connectivity index (χ2v) is 8.63. The van der Waals surface area contributed by atoms with Gasteiger partial charge in [-0.2, -0.15) is 0 Å². The van der Waals surface area contributed by atoms with Gasteiger partial charge in [0.05, 0.1) is 5.92 Å². The maximum atomic E-state index is 13.0. The van der Waals surface area contributed by atoms with Crippen LogP contribution in [0.2, 0.25) is 0 Å². The van der Waals surface area contributed by atoms with Crippen molar-refractivity contribution >= 4 is 17.6 Å². The first-order valence-electron chi connectivity index (χ1n) is 10.4. The first-order valence-corrected chi connectivity index (χ1v) is 10.4. The average Bonchev–Trinajstić information content (AvgIpc) is 3.15. The zero-order valence-electron chi connectivity index (χ0n) is 15.5. The van der Waals surface area contributed by atoms with Crippen molar-refractivity contribution in [1.29, 1.82) is 0 Å². The summed E-state index contributed by atoms with van der Waals surface area (Å²) >= 11 is 0. The Morgan fingerprint density at radius 2 is 1.35 bits per heavy atom. The Morgan fingerprint density at radius 1 is 0.808 bits per heavy atom. The fraction of sp³-hybridized carbons (Fsp3) is 0.850. The molecule has 1 N–H and O–H groups in total. The molecule has 2 saturated carbocycles. The zero-order chi connectivity index (χ0) is 18.3. The summed E-state index contributed by atoms with van der Waals surface area (Å²) in [5, 5.41) is 11.2. The van der Waals surface area contributed by atoms with Crippen LogP contribution < -0.4 is 0 Å². The number of hydrogen-bond acceptors (Lipinski definition) is 4. The van der Waals surface area contributed by atoms with E-state index in [1.54, 1.807) is 9.80 Å². The molecule has 4 fully saturated rings. The van der Waals surface area contributed by atoms with Gasteiger partial charge in [-0.3, -0.25) is 14.4 Å². The van der Waals surface area contributed by atoms with E-state index in [2.05, 4.69) is 0 Å². The summed E-state index contributed by atoms with van der Waals surface area (Å²) in [6.45, 7) is 0.713. The van der Waals surface area contributed by atoms with E-state index >= 15 is 0 Å². The van der Waals surface area contributed by atoms with Gasteiger partial charge in [-0.25, -0.2) is 0 Å². The predicted octanol–water partition coefficient (Wildman–Crippen LogP) is 1.64. The van der Waals surface area contributed by atoms with E-state index in [0.29, 0.717) is 6.54 Å². The summed E-state index contributed by atoms with van der Waals surface area (Å²) in [7, 11) is 0. The van der Waals surface area contributed by atoms with E-state index in [-0.39, 0.29) is 31.0 Å². The van der Waals surface area contributed by atoms with E-state index < -0.39 is 23.2 Å². The molecule has 6 nitrogen and oxygen atoms in total. The summed E-state index contributed by atoms with van der Waals surface area (Å²) in [6.07, 6.45) is 10.8. The maximum absolute atomic E-state index is 13.0. The van der Waals surface area contributed by atoms with Crippen LogP contribution in [0.15, 0.2) is 0 Å². The molecule has 2 heterocycles. The number of hydrogen-bond donors (Lipinski definition) is 1. The Labute approximate surface area is 154 Å². The van der Waals surface area contributed by atoms with Crippen molar-refractivity contribution in [2.45, 2.75) is 88.3 Å². The number of carbonyl (C=O) groups excluding carboxylic acids is 3. The largest absolute Gasteiger partial charge is 0.379 e. The van der Waals surface area contributed by atoms with Crippen molar-refractivity contribution < 1.29 is 19.5 Å². The second kappa shape index (κ2) is 6.95. The molecule has 2 amide bonds. The molecule has 2 aliphatic carbocycles. The third kappa shape index (κ3) is 2.86. The lowest BCUT2D eigenvalue weighted by atomic mass is 9.84. The molecule has 2 aliphatic heterocycles. The number of carbonyl (C=O) groups is 3. The fourth-order valence-corrected chi connectivity index (χ4v) is 5.54. The molecule has 26 heavy (non-hydrogen) atoms. The minimum Gasteiger partial charge on any atom is -0.379 e. The number of amides is 2. The molecule has 0 aromatic carbocycles. The molecule has 0 spiro atoms. The molecule has 0 aromatic rings. The minimum absolute atomic E-state index is 0.0970. The molecule has 144 valence electrons. The predicted molar refractivity (Wildman–Crippen MR) is 95.2 cm³/mol. The first-order chi connectivity index (χ1) is 12.5. The number of rotatable bonds is 3. The van der Waals surface area contributed by atoms with Crippen LogP contribution in [-0.2, 0) is 14.4 Å². The van der Waals surface area contributed by atoms with Gasteiger partial charge >= 0.3 is 0 Å². The summed E-state index contributed by atoms with van der Waals surface area (Å²) in [5.74, 6) is -2.25. The maximum Gasteiger partial charge on any atom is 0.290 e. The van der Waals surface area contributed by atoms with Gasteiger partial charge in [0, 0.05) is 31.6 Å². The summed E-state index contributed by atoms with van der Waals surface area (Å²) < 4.78 is 0. The molecular weight excluding hydrogens is 332 g/mol. The van der Waals surface area contributed by atoms with Gasteiger partial charge in [0.2, 0.25) is 5.78 Å². The lowest BCUT2D eigenvalue weighted by Gasteiger charge is -2.34. The fourth-order valence-electron chi connectivity index (χ4n) is 5.54. The SMILES string of the molecule is O=C1C(=O)N(C2CCCCC2)C[C@@H]1[C@@]1(O)CCN(C2CCCCC2)C1=O. The van der Waals surface area contributed by atoms with E-state index in [1.807, 2.05) is 0 Å². The standard InChI is InChI=1S/C20H30N2O4/c23-17-16(13-22(18(17)24)15-9-5-2-6-10-15)20(26)11-12-21(19(20)25)14-7-3-1-4-8-14/h14-16,26H,1-13H2/t16-,20-/m0/s1. The van der Waals surface area contributed by atoms with E-state index in [1.165, 1.54) is 12.8 Å². The van der Waals surface area contributed by atoms with E-state index in [4.69, 9.17) is 0 Å². The number of nitrogens with zero attached hydrogens (tertiary/aromatic N) is 2. The molecule has 2 atom stereocenters. The average molecular weight is 362 g/mol. The Bertz CT molecular complexity index is 595. The monoisotopic (exact) mass is 362 g/mol. The van der Waals surface area contributed by atoms with Crippen LogP contribution in [0, 0.1) is 5.92 Å². The lowest BCUT2D eigenvalue weighted by Crippen LogP contribution is -2.51. The molecule has 4 aliphatic rings. The van der Waals surface area contributed by atoms with Gasteiger partial charge in [-0.05, 0) is 25.7 Å². The molecule has 4 rings (SSSR count). The summed E-state index contributed by atoms with van der Waals surface area (Å²) in [6, 6.07) is 0.284. The van der Waals surface area contributed by atoms with Crippen LogP contribution >= 0.6 is 0 Å². The summed E-state index contributed by atoms with van der Waals surface area (Å²) in [5.41, 5.74) is -1.69. The van der Waals surface area contributed by atoms with Crippen molar-refractivity contribution in [1.82, 2.24) is 9.80 Å².